The van der Waals surface area contributed by atoms with Crippen molar-refractivity contribution in [3.8, 4) is 28.4 Å². The van der Waals surface area contributed by atoms with Crippen LogP contribution in [0.15, 0.2) is 45.6 Å². The van der Waals surface area contributed by atoms with E-state index in [1.54, 1.807) is 25.1 Å². The average molecular weight is 641 g/mol. The van der Waals surface area contributed by atoms with Crippen molar-refractivity contribution in [2.75, 3.05) is 19.8 Å². The molecule has 0 radical (unpaired) electrons. The van der Waals surface area contributed by atoms with Crippen molar-refractivity contribution in [2.45, 2.75) is 65.3 Å². The summed E-state index contributed by atoms with van der Waals surface area (Å²) < 4.78 is 50.7. The number of fused-ring (bicyclic) bond motifs is 2. The molecule has 0 bridgehead atoms. The predicted molar refractivity (Wildman–Crippen MR) is 156 cm³/mol. The maximum Gasteiger partial charge on any atom is 0.303 e. The van der Waals surface area contributed by atoms with Gasteiger partial charge in [0.15, 0.2) is 23.7 Å². The molecule has 0 saturated carbocycles. The lowest BCUT2D eigenvalue weighted by Gasteiger charge is -2.43. The van der Waals surface area contributed by atoms with E-state index in [2.05, 4.69) is 0 Å². The summed E-state index contributed by atoms with van der Waals surface area (Å²) in [5, 5.41) is 0.254. The van der Waals surface area contributed by atoms with Gasteiger partial charge in [0.05, 0.1) is 10.9 Å². The highest BCUT2D eigenvalue weighted by Gasteiger charge is 2.53. The third-order valence-electron chi connectivity index (χ3n) is 7.07. The van der Waals surface area contributed by atoms with Crippen LogP contribution in [0.5, 0.6) is 17.2 Å². The monoisotopic (exact) mass is 640 g/mol. The molecule has 14 heteroatoms. The van der Waals surface area contributed by atoms with Crippen LogP contribution in [-0.2, 0) is 42.9 Å². The van der Waals surface area contributed by atoms with Crippen molar-refractivity contribution < 1.29 is 61.5 Å². The van der Waals surface area contributed by atoms with Gasteiger partial charge in [0.2, 0.25) is 17.8 Å². The molecular weight excluding hydrogens is 608 g/mol. The van der Waals surface area contributed by atoms with E-state index < -0.39 is 61.2 Å². The number of ether oxygens (including phenoxy) is 8. The van der Waals surface area contributed by atoms with Gasteiger partial charge in [-0.15, -0.1) is 0 Å². The molecule has 244 valence electrons. The Morgan fingerprint density at radius 2 is 1.43 bits per heavy atom. The molecule has 1 fully saturated rings. The van der Waals surface area contributed by atoms with Gasteiger partial charge in [-0.05, 0) is 36.8 Å². The Hall–Kier alpha value is -5.11. The zero-order valence-corrected chi connectivity index (χ0v) is 25.7. The second-order valence-electron chi connectivity index (χ2n) is 10.6. The van der Waals surface area contributed by atoms with Crippen LogP contribution in [0, 0.1) is 6.92 Å². The maximum absolute atomic E-state index is 13.6. The van der Waals surface area contributed by atoms with E-state index >= 15 is 0 Å². The highest BCUT2D eigenvalue weighted by molar-refractivity contribution is 5.84. The largest absolute Gasteiger partial charge is 0.486 e. The van der Waals surface area contributed by atoms with Gasteiger partial charge in [-0.1, -0.05) is 6.07 Å². The summed E-state index contributed by atoms with van der Waals surface area (Å²) in [4.78, 5) is 61.4. The van der Waals surface area contributed by atoms with Crippen molar-refractivity contribution in [1.82, 2.24) is 0 Å². The summed E-state index contributed by atoms with van der Waals surface area (Å²) in [7, 11) is 0. The van der Waals surface area contributed by atoms with Crippen LogP contribution in [0.3, 0.4) is 0 Å². The van der Waals surface area contributed by atoms with Crippen molar-refractivity contribution in [1.29, 1.82) is 0 Å². The Labute approximate surface area is 262 Å². The quantitative estimate of drug-likeness (QED) is 0.260. The summed E-state index contributed by atoms with van der Waals surface area (Å²) in [5.74, 6) is -1.38. The smallest absolute Gasteiger partial charge is 0.303 e. The highest BCUT2D eigenvalue weighted by atomic mass is 16.7. The fraction of sp³-hybridized carbons (Fsp3) is 0.406. The minimum Gasteiger partial charge on any atom is -0.486 e. The molecule has 3 heterocycles. The number of aryl methyl sites for hydroxylation is 1. The van der Waals surface area contributed by atoms with Gasteiger partial charge in [0.1, 0.15) is 43.0 Å². The summed E-state index contributed by atoms with van der Waals surface area (Å²) >= 11 is 0. The number of rotatable bonds is 8. The van der Waals surface area contributed by atoms with Crippen molar-refractivity contribution in [3.05, 3.63) is 52.4 Å². The highest BCUT2D eigenvalue weighted by Crippen LogP contribution is 2.36. The molecule has 5 rings (SSSR count). The predicted octanol–water partition coefficient (Wildman–Crippen LogP) is 3.00. The molecule has 0 amide bonds. The van der Waals surface area contributed by atoms with E-state index in [1.807, 2.05) is 0 Å². The number of hydrogen-bond donors (Lipinski definition) is 0. The Morgan fingerprint density at radius 3 is 2.11 bits per heavy atom. The summed E-state index contributed by atoms with van der Waals surface area (Å²) in [5.41, 5.74) is 0.828. The van der Waals surface area contributed by atoms with E-state index in [9.17, 15) is 24.0 Å². The summed E-state index contributed by atoms with van der Waals surface area (Å²) in [6.45, 7) is 6.62. The summed E-state index contributed by atoms with van der Waals surface area (Å²) in [6, 6.07) is 9.64. The molecule has 46 heavy (non-hydrogen) atoms. The number of benzene rings is 2. The molecule has 5 atom stereocenters. The third-order valence-corrected chi connectivity index (χ3v) is 7.07. The van der Waals surface area contributed by atoms with E-state index in [0.29, 0.717) is 41.6 Å². The maximum atomic E-state index is 13.6. The molecule has 0 spiro atoms. The van der Waals surface area contributed by atoms with Gasteiger partial charge >= 0.3 is 23.9 Å². The van der Waals surface area contributed by atoms with Gasteiger partial charge in [0, 0.05) is 33.8 Å². The number of carbonyl (C=O) groups excluding carboxylic acids is 4. The van der Waals surface area contributed by atoms with Crippen molar-refractivity contribution in [3.63, 3.8) is 0 Å². The number of carbonyl (C=O) groups is 4. The van der Waals surface area contributed by atoms with Gasteiger partial charge in [-0.3, -0.25) is 24.0 Å². The standard InChI is InChI=1S/C32H32O14/c1-15-27(20-6-9-23-25(12-20)39-11-10-38-23)28(37)22-8-7-21(13-24(22)41-15)45-32-31(44-19(5)36)30(43-18(4)35)29(42-17(3)34)26(46-32)14-40-16(2)33/h6-9,12-13,26,29-32H,10-11,14H2,1-5H3/t26-,29+,30+,31+,32-/m0/s1. The third kappa shape index (κ3) is 7.07. The molecule has 0 N–H and O–H groups in total. The van der Waals surface area contributed by atoms with Gasteiger partial charge in [-0.2, -0.15) is 0 Å². The fourth-order valence-corrected chi connectivity index (χ4v) is 5.31. The molecular formula is C32H32O14. The van der Waals surface area contributed by atoms with Gasteiger partial charge in [-0.25, -0.2) is 0 Å². The lowest BCUT2D eigenvalue weighted by atomic mass is 9.98. The Balaban J connectivity index is 1.50. The van der Waals surface area contributed by atoms with Crippen LogP contribution in [-0.4, -0.2) is 74.4 Å². The lowest BCUT2D eigenvalue weighted by Crippen LogP contribution is -2.63. The molecule has 2 aliphatic rings. The van der Waals surface area contributed by atoms with Crippen LogP contribution < -0.4 is 19.6 Å². The molecule has 3 aromatic rings. The first-order valence-corrected chi connectivity index (χ1v) is 14.4. The van der Waals surface area contributed by atoms with E-state index in [4.69, 9.17) is 42.3 Å². The number of hydrogen-bond acceptors (Lipinski definition) is 14. The van der Waals surface area contributed by atoms with Crippen LogP contribution in [0.4, 0.5) is 0 Å². The molecule has 2 aliphatic heterocycles. The van der Waals surface area contributed by atoms with E-state index in [-0.39, 0.29) is 22.1 Å². The van der Waals surface area contributed by atoms with Crippen molar-refractivity contribution in [2.24, 2.45) is 0 Å². The minimum atomic E-state index is -1.46. The normalized spacial score (nSPS) is 22.0. The average Bonchev–Trinajstić information content (AvgIpc) is 2.98. The van der Waals surface area contributed by atoms with Crippen LogP contribution in [0.1, 0.15) is 33.5 Å². The first-order valence-electron chi connectivity index (χ1n) is 14.4. The first kappa shape index (κ1) is 32.3. The Bertz CT molecular complexity index is 1730. The second kappa shape index (κ2) is 13.5. The fourth-order valence-electron chi connectivity index (χ4n) is 5.31. The SMILES string of the molecule is CC(=O)OC[C@@H]1O[C@H](Oc2ccc3c(=O)c(-c4ccc5c(c4)OCCO5)c(C)oc3c2)[C@H](OC(C)=O)[C@H](OC(C)=O)[C@@H]1OC(C)=O. The molecule has 0 unspecified atom stereocenters. The van der Waals surface area contributed by atoms with Crippen LogP contribution >= 0.6 is 0 Å². The van der Waals surface area contributed by atoms with Crippen LogP contribution in [0.25, 0.3) is 22.1 Å². The Morgan fingerprint density at radius 1 is 0.783 bits per heavy atom. The molecule has 2 aromatic carbocycles. The lowest BCUT2D eigenvalue weighted by molar-refractivity contribution is -0.288. The first-order chi connectivity index (χ1) is 21.9. The minimum absolute atomic E-state index is 0.128. The molecule has 14 nitrogen and oxygen atoms in total. The van der Waals surface area contributed by atoms with E-state index in [1.165, 1.54) is 25.1 Å². The van der Waals surface area contributed by atoms with Gasteiger partial charge in [0.25, 0.3) is 0 Å². The molecule has 1 saturated heterocycles. The number of esters is 4. The zero-order valence-electron chi connectivity index (χ0n) is 25.7. The topological polar surface area (TPSA) is 172 Å². The van der Waals surface area contributed by atoms with Gasteiger partial charge < -0.3 is 42.3 Å². The molecule has 1 aromatic heterocycles. The second-order valence-corrected chi connectivity index (χ2v) is 10.6. The van der Waals surface area contributed by atoms with Crippen LogP contribution in [0.2, 0.25) is 0 Å². The van der Waals surface area contributed by atoms with E-state index in [0.717, 1.165) is 20.8 Å². The summed E-state index contributed by atoms with van der Waals surface area (Å²) in [6.07, 6.45) is -6.81. The van der Waals surface area contributed by atoms with Crippen molar-refractivity contribution >= 4 is 34.8 Å². The Kier molecular flexibility index (Phi) is 9.46. The zero-order chi connectivity index (χ0) is 33.1. The molecule has 0 aliphatic carbocycles.